The highest BCUT2D eigenvalue weighted by Crippen LogP contribution is 2.41. The summed E-state index contributed by atoms with van der Waals surface area (Å²) in [6, 6.07) is 16.3. The van der Waals surface area contributed by atoms with Gasteiger partial charge in [0.1, 0.15) is 5.75 Å². The Labute approximate surface area is 147 Å². The summed E-state index contributed by atoms with van der Waals surface area (Å²) in [5.74, 6) is 0.821. The first-order valence-electron chi connectivity index (χ1n) is 7.41. The van der Waals surface area contributed by atoms with Gasteiger partial charge in [-0.15, -0.1) is 11.6 Å². The summed E-state index contributed by atoms with van der Waals surface area (Å²) in [4.78, 5) is 0. The second-order valence-electron chi connectivity index (χ2n) is 5.51. The summed E-state index contributed by atoms with van der Waals surface area (Å²) in [5.41, 5.74) is 5.43. The van der Waals surface area contributed by atoms with Crippen molar-refractivity contribution in [2.45, 2.75) is 12.3 Å². The van der Waals surface area contributed by atoms with Crippen LogP contribution in [0.25, 0.3) is 11.1 Å². The van der Waals surface area contributed by atoms with Crippen molar-refractivity contribution in [1.29, 1.82) is 0 Å². The van der Waals surface area contributed by atoms with Gasteiger partial charge < -0.3 is 4.74 Å². The van der Waals surface area contributed by atoms with Crippen LogP contribution in [0, 0.1) is 13.3 Å². The molecule has 1 radical (unpaired) electrons. The normalized spacial score (nSPS) is 17.9. The summed E-state index contributed by atoms with van der Waals surface area (Å²) < 4.78 is 5.23. The van der Waals surface area contributed by atoms with Crippen molar-refractivity contribution in [3.63, 3.8) is 0 Å². The molecular weight excluding hydrogens is 327 g/mol. The predicted molar refractivity (Wildman–Crippen MR) is 98.9 cm³/mol. The monoisotopic (exact) mass is 343 g/mol. The molecule has 0 aromatic heterocycles. The molecule has 1 atom stereocenters. The molecule has 1 nitrogen and oxygen atoms in total. The molecule has 1 aliphatic carbocycles. The number of hydrogen-bond donors (Lipinski definition) is 0. The van der Waals surface area contributed by atoms with Crippen molar-refractivity contribution in [1.82, 2.24) is 0 Å². The lowest BCUT2D eigenvalue weighted by Gasteiger charge is -2.22. The number of aryl methyl sites for hydroxylation is 1. The van der Waals surface area contributed by atoms with Gasteiger partial charge in [0.15, 0.2) is 0 Å². The molecule has 0 heterocycles. The van der Waals surface area contributed by atoms with Gasteiger partial charge in [0.2, 0.25) is 0 Å². The number of allylic oxidation sites excluding steroid dienone is 4. The van der Waals surface area contributed by atoms with Crippen LogP contribution in [0.5, 0.6) is 5.75 Å². The van der Waals surface area contributed by atoms with Crippen molar-refractivity contribution >= 4 is 34.3 Å². The number of methoxy groups -OCH3 is 1. The zero-order valence-corrected chi connectivity index (χ0v) is 14.5. The summed E-state index contributed by atoms with van der Waals surface area (Å²) in [6.07, 6.45) is 3.90. The minimum atomic E-state index is -0.208. The molecule has 0 fully saturated rings. The van der Waals surface area contributed by atoms with Gasteiger partial charge in [0, 0.05) is 17.0 Å². The van der Waals surface area contributed by atoms with Crippen molar-refractivity contribution in [2.75, 3.05) is 7.11 Å². The summed E-state index contributed by atoms with van der Waals surface area (Å²) in [7, 11) is 1.66. The Morgan fingerprint density at radius 3 is 2.13 bits per heavy atom. The van der Waals surface area contributed by atoms with E-state index in [-0.39, 0.29) is 5.38 Å². The Bertz CT molecular complexity index is 755. The molecule has 117 valence electrons. The van der Waals surface area contributed by atoms with Crippen LogP contribution in [0.3, 0.4) is 0 Å². The lowest BCUT2D eigenvalue weighted by Crippen LogP contribution is -2.07. The topological polar surface area (TPSA) is 9.23 Å². The quantitative estimate of drug-likeness (QED) is 0.634. The molecule has 1 aliphatic rings. The number of halogens is 2. The Hall–Kier alpha value is -1.70. The SMILES string of the molecule is COc1ccc(C2=C(Cl)[CH]C(Cl)C=C2c2ccc(C)cc2)cc1. The average molecular weight is 344 g/mol. The van der Waals surface area contributed by atoms with Gasteiger partial charge in [-0.1, -0.05) is 59.6 Å². The molecule has 1 unspecified atom stereocenters. The van der Waals surface area contributed by atoms with Gasteiger partial charge in [0.25, 0.3) is 0 Å². The Kier molecular flexibility index (Phi) is 4.79. The predicted octanol–water partition coefficient (Wildman–Crippen LogP) is 5.86. The third-order valence-corrected chi connectivity index (χ3v) is 4.45. The van der Waals surface area contributed by atoms with Gasteiger partial charge >= 0.3 is 0 Å². The number of alkyl halides is 1. The molecule has 0 N–H and O–H groups in total. The average Bonchev–Trinajstić information content (AvgIpc) is 2.55. The maximum absolute atomic E-state index is 6.53. The molecule has 0 aliphatic heterocycles. The molecule has 2 aromatic carbocycles. The van der Waals surface area contributed by atoms with E-state index in [0.717, 1.165) is 28.0 Å². The second kappa shape index (κ2) is 6.82. The minimum absolute atomic E-state index is 0.208. The zero-order chi connectivity index (χ0) is 16.4. The molecule has 0 saturated carbocycles. The minimum Gasteiger partial charge on any atom is -0.497 e. The van der Waals surface area contributed by atoms with Crippen LogP contribution in [0.2, 0.25) is 0 Å². The van der Waals surface area contributed by atoms with E-state index in [0.29, 0.717) is 5.03 Å². The van der Waals surface area contributed by atoms with Crippen LogP contribution in [0.1, 0.15) is 16.7 Å². The van der Waals surface area contributed by atoms with Gasteiger partial charge in [-0.05, 0) is 35.8 Å². The lowest BCUT2D eigenvalue weighted by molar-refractivity contribution is 0.415. The van der Waals surface area contributed by atoms with Crippen LogP contribution in [0.4, 0.5) is 0 Å². The fourth-order valence-electron chi connectivity index (χ4n) is 2.67. The van der Waals surface area contributed by atoms with Crippen LogP contribution in [-0.4, -0.2) is 12.5 Å². The first-order valence-corrected chi connectivity index (χ1v) is 8.22. The maximum Gasteiger partial charge on any atom is 0.118 e. The molecule has 0 spiro atoms. The third kappa shape index (κ3) is 3.46. The van der Waals surface area contributed by atoms with Crippen LogP contribution < -0.4 is 4.74 Å². The van der Waals surface area contributed by atoms with E-state index < -0.39 is 0 Å². The van der Waals surface area contributed by atoms with Gasteiger partial charge in [-0.3, -0.25) is 0 Å². The number of benzene rings is 2. The molecule has 2 aromatic rings. The highest BCUT2D eigenvalue weighted by atomic mass is 35.5. The molecule has 3 heteroatoms. The van der Waals surface area contributed by atoms with E-state index in [1.807, 2.05) is 36.8 Å². The Morgan fingerprint density at radius 2 is 1.52 bits per heavy atom. The fourth-order valence-corrected chi connectivity index (χ4v) is 3.33. The van der Waals surface area contributed by atoms with Gasteiger partial charge in [-0.25, -0.2) is 0 Å². The van der Waals surface area contributed by atoms with Crippen molar-refractivity contribution < 1.29 is 4.74 Å². The lowest BCUT2D eigenvalue weighted by atomic mass is 9.87. The van der Waals surface area contributed by atoms with E-state index in [1.54, 1.807) is 7.11 Å². The van der Waals surface area contributed by atoms with Crippen LogP contribution >= 0.6 is 23.2 Å². The smallest absolute Gasteiger partial charge is 0.118 e. The summed E-state index contributed by atoms with van der Waals surface area (Å²) >= 11 is 12.8. The maximum atomic E-state index is 6.53. The van der Waals surface area contributed by atoms with Gasteiger partial charge in [-0.2, -0.15) is 0 Å². The first-order chi connectivity index (χ1) is 11.1. The molecule has 3 rings (SSSR count). The third-order valence-electron chi connectivity index (χ3n) is 3.88. The molecule has 23 heavy (non-hydrogen) atoms. The van der Waals surface area contributed by atoms with E-state index in [4.69, 9.17) is 27.9 Å². The summed E-state index contributed by atoms with van der Waals surface area (Å²) in [5, 5.41) is 0.467. The molecule has 0 bridgehead atoms. The Balaban J connectivity index is 2.08. The zero-order valence-electron chi connectivity index (χ0n) is 13.0. The van der Waals surface area contributed by atoms with Crippen LogP contribution in [-0.2, 0) is 0 Å². The van der Waals surface area contributed by atoms with Crippen molar-refractivity contribution in [3.05, 3.63) is 82.8 Å². The summed E-state index contributed by atoms with van der Waals surface area (Å²) in [6.45, 7) is 2.07. The fraction of sp³-hybridized carbons (Fsp3) is 0.150. The molecule has 0 saturated heterocycles. The highest BCUT2D eigenvalue weighted by molar-refractivity contribution is 6.39. The highest BCUT2D eigenvalue weighted by Gasteiger charge is 2.22. The largest absolute Gasteiger partial charge is 0.497 e. The number of ether oxygens (including phenoxy) is 1. The molecule has 0 amide bonds. The second-order valence-corrected chi connectivity index (χ2v) is 6.42. The van der Waals surface area contributed by atoms with E-state index >= 15 is 0 Å². The van der Waals surface area contributed by atoms with E-state index in [9.17, 15) is 0 Å². The number of rotatable bonds is 3. The van der Waals surface area contributed by atoms with E-state index in [2.05, 4.69) is 31.2 Å². The first kappa shape index (κ1) is 16.2. The van der Waals surface area contributed by atoms with Crippen LogP contribution in [0.15, 0.2) is 59.6 Å². The van der Waals surface area contributed by atoms with Gasteiger partial charge in [0.05, 0.1) is 12.5 Å². The molecular formula is C20H17Cl2O. The Morgan fingerprint density at radius 1 is 0.913 bits per heavy atom. The van der Waals surface area contributed by atoms with Crippen molar-refractivity contribution in [3.8, 4) is 5.75 Å². The van der Waals surface area contributed by atoms with Crippen molar-refractivity contribution in [2.24, 2.45) is 0 Å². The van der Waals surface area contributed by atoms with E-state index in [1.165, 1.54) is 5.56 Å². The number of hydrogen-bond acceptors (Lipinski definition) is 1. The standard InChI is InChI=1S/C20H17Cl2O/c1-13-3-5-14(6-4-13)18-11-16(21)12-19(22)20(18)15-7-9-17(23-2)10-8-15/h3-12,16H,1-2H3.